The van der Waals surface area contributed by atoms with Crippen molar-refractivity contribution in [3.05, 3.63) is 89.0 Å². The molecule has 0 aliphatic carbocycles. The molecule has 0 aliphatic heterocycles. The zero-order valence-electron chi connectivity index (χ0n) is 18.3. The first-order valence-electron chi connectivity index (χ1n) is 11.1. The number of allylic oxidation sites excluding steroid dienone is 1. The third-order valence-electron chi connectivity index (χ3n) is 5.61. The molecule has 0 atom stereocenters. The van der Waals surface area contributed by atoms with Crippen LogP contribution in [0.2, 0.25) is 0 Å². The standard InChI is InChI=1S/C28H31NO2/c1-21(30)27-20-23(14-16-25(27)17-18-28(29)31)10-6-4-2-3-5-9-22-13-15-24-11-7-8-12-26(24)19-22/h5,7-9,11-16,19-20H,2-4,6,10,17-18H2,1H3,(H2,29,31)/b9-5-. The van der Waals surface area contributed by atoms with Gasteiger partial charge >= 0.3 is 0 Å². The lowest BCUT2D eigenvalue weighted by Crippen LogP contribution is -2.12. The monoisotopic (exact) mass is 413 g/mol. The number of primary amides is 1. The van der Waals surface area contributed by atoms with Crippen molar-refractivity contribution in [1.82, 2.24) is 0 Å². The van der Waals surface area contributed by atoms with Gasteiger partial charge in [0, 0.05) is 12.0 Å². The molecule has 0 radical (unpaired) electrons. The van der Waals surface area contributed by atoms with Crippen LogP contribution < -0.4 is 5.73 Å². The van der Waals surface area contributed by atoms with Gasteiger partial charge in [0.25, 0.3) is 0 Å². The molecule has 0 fully saturated rings. The maximum absolute atomic E-state index is 12.0. The minimum atomic E-state index is -0.340. The fourth-order valence-electron chi connectivity index (χ4n) is 3.88. The van der Waals surface area contributed by atoms with Gasteiger partial charge in [-0.1, -0.05) is 67.1 Å². The Balaban J connectivity index is 1.43. The van der Waals surface area contributed by atoms with E-state index in [1.54, 1.807) is 6.92 Å². The summed E-state index contributed by atoms with van der Waals surface area (Å²) in [5.41, 5.74) is 9.29. The largest absolute Gasteiger partial charge is 0.370 e. The molecule has 0 heterocycles. The number of carbonyl (C=O) groups is 2. The van der Waals surface area contributed by atoms with Crippen LogP contribution in [-0.4, -0.2) is 11.7 Å². The summed E-state index contributed by atoms with van der Waals surface area (Å²) < 4.78 is 0. The zero-order valence-corrected chi connectivity index (χ0v) is 18.3. The highest BCUT2D eigenvalue weighted by molar-refractivity contribution is 5.96. The van der Waals surface area contributed by atoms with Gasteiger partial charge in [0.2, 0.25) is 5.91 Å². The van der Waals surface area contributed by atoms with E-state index in [-0.39, 0.29) is 18.1 Å². The number of hydrogen-bond donors (Lipinski definition) is 1. The quantitative estimate of drug-likeness (QED) is 0.297. The molecule has 3 nitrogen and oxygen atoms in total. The van der Waals surface area contributed by atoms with E-state index < -0.39 is 0 Å². The van der Waals surface area contributed by atoms with Crippen molar-refractivity contribution in [3.63, 3.8) is 0 Å². The van der Waals surface area contributed by atoms with Gasteiger partial charge < -0.3 is 5.73 Å². The molecular weight excluding hydrogens is 382 g/mol. The van der Waals surface area contributed by atoms with E-state index in [0.717, 1.165) is 43.2 Å². The number of fused-ring (bicyclic) bond motifs is 1. The van der Waals surface area contributed by atoms with Gasteiger partial charge in [0.15, 0.2) is 5.78 Å². The van der Waals surface area contributed by atoms with Crippen molar-refractivity contribution in [3.8, 4) is 0 Å². The summed E-state index contributed by atoms with van der Waals surface area (Å²) in [6.07, 6.45) is 10.7. The molecule has 2 N–H and O–H groups in total. The number of Topliss-reactive ketones (excluding diaryl/α,β-unsaturated/α-hetero) is 1. The van der Waals surface area contributed by atoms with Gasteiger partial charge in [-0.3, -0.25) is 9.59 Å². The summed E-state index contributed by atoms with van der Waals surface area (Å²) in [7, 11) is 0. The fourth-order valence-corrected chi connectivity index (χ4v) is 3.88. The first-order valence-corrected chi connectivity index (χ1v) is 11.1. The van der Waals surface area contributed by atoms with Crippen molar-refractivity contribution in [2.45, 2.75) is 51.9 Å². The molecule has 0 bridgehead atoms. The highest BCUT2D eigenvalue weighted by atomic mass is 16.1. The predicted octanol–water partition coefficient (Wildman–Crippen LogP) is 6.28. The van der Waals surface area contributed by atoms with Crippen LogP contribution in [0, 0.1) is 0 Å². The van der Waals surface area contributed by atoms with Gasteiger partial charge in [-0.05, 0) is 78.6 Å². The van der Waals surface area contributed by atoms with Gasteiger partial charge in [0.05, 0.1) is 0 Å². The maximum Gasteiger partial charge on any atom is 0.217 e. The molecular formula is C28H31NO2. The summed E-state index contributed by atoms with van der Waals surface area (Å²) in [4.78, 5) is 23.0. The topological polar surface area (TPSA) is 60.2 Å². The third kappa shape index (κ3) is 6.92. The minimum Gasteiger partial charge on any atom is -0.370 e. The average Bonchev–Trinajstić information content (AvgIpc) is 2.77. The molecule has 160 valence electrons. The Hall–Kier alpha value is -3.20. The Morgan fingerprint density at radius 1 is 0.871 bits per heavy atom. The summed E-state index contributed by atoms with van der Waals surface area (Å²) in [5.74, 6) is -0.298. The van der Waals surface area contributed by atoms with E-state index in [0.29, 0.717) is 6.42 Å². The molecule has 0 aliphatic rings. The summed E-state index contributed by atoms with van der Waals surface area (Å²) in [5, 5.41) is 2.55. The van der Waals surface area contributed by atoms with E-state index in [1.165, 1.54) is 21.9 Å². The number of rotatable bonds is 11. The van der Waals surface area contributed by atoms with Gasteiger partial charge in [0.1, 0.15) is 0 Å². The second kappa shape index (κ2) is 11.3. The lowest BCUT2D eigenvalue weighted by Gasteiger charge is -2.09. The average molecular weight is 414 g/mol. The van der Waals surface area contributed by atoms with E-state index >= 15 is 0 Å². The number of carbonyl (C=O) groups excluding carboxylic acids is 2. The number of benzene rings is 3. The SMILES string of the molecule is CC(=O)c1cc(CCCCC/C=C\c2ccc3ccccc3c2)ccc1CCC(N)=O. The molecule has 0 aromatic heterocycles. The molecule has 0 saturated heterocycles. The zero-order chi connectivity index (χ0) is 22.1. The Morgan fingerprint density at radius 2 is 1.68 bits per heavy atom. The van der Waals surface area contributed by atoms with Crippen molar-refractivity contribution in [2.24, 2.45) is 5.73 Å². The number of amides is 1. The van der Waals surface area contributed by atoms with Crippen LogP contribution in [0.3, 0.4) is 0 Å². The Bertz CT molecular complexity index is 1080. The molecule has 0 saturated carbocycles. The van der Waals surface area contributed by atoms with E-state index in [1.807, 2.05) is 12.1 Å². The van der Waals surface area contributed by atoms with Crippen LogP contribution in [0.25, 0.3) is 16.8 Å². The number of ketones is 1. The molecule has 3 aromatic carbocycles. The number of unbranched alkanes of at least 4 members (excludes halogenated alkanes) is 3. The van der Waals surface area contributed by atoms with Crippen molar-refractivity contribution < 1.29 is 9.59 Å². The molecule has 3 aromatic rings. The Morgan fingerprint density at radius 3 is 2.45 bits per heavy atom. The van der Waals surface area contributed by atoms with Crippen molar-refractivity contribution >= 4 is 28.5 Å². The molecule has 0 spiro atoms. The fraction of sp³-hybridized carbons (Fsp3) is 0.286. The van der Waals surface area contributed by atoms with Gasteiger partial charge in [-0.2, -0.15) is 0 Å². The summed E-state index contributed by atoms with van der Waals surface area (Å²) in [6.45, 7) is 1.58. The lowest BCUT2D eigenvalue weighted by atomic mass is 9.95. The highest BCUT2D eigenvalue weighted by Crippen LogP contribution is 2.19. The highest BCUT2D eigenvalue weighted by Gasteiger charge is 2.09. The van der Waals surface area contributed by atoms with E-state index in [9.17, 15) is 9.59 Å². The predicted molar refractivity (Wildman–Crippen MR) is 129 cm³/mol. The van der Waals surface area contributed by atoms with E-state index in [4.69, 9.17) is 5.73 Å². The number of hydrogen-bond acceptors (Lipinski definition) is 2. The maximum atomic E-state index is 12.0. The molecule has 1 amide bonds. The molecule has 3 rings (SSSR count). The molecule has 3 heteroatoms. The summed E-state index contributed by atoms with van der Waals surface area (Å²) >= 11 is 0. The third-order valence-corrected chi connectivity index (χ3v) is 5.61. The first kappa shape index (κ1) is 22.5. The van der Waals surface area contributed by atoms with Crippen LogP contribution in [-0.2, 0) is 17.6 Å². The first-order chi connectivity index (χ1) is 15.0. The van der Waals surface area contributed by atoms with Crippen molar-refractivity contribution in [1.29, 1.82) is 0 Å². The molecule has 0 unspecified atom stereocenters. The van der Waals surface area contributed by atoms with Gasteiger partial charge in [-0.15, -0.1) is 0 Å². The van der Waals surface area contributed by atoms with Gasteiger partial charge in [-0.25, -0.2) is 0 Å². The van der Waals surface area contributed by atoms with E-state index in [2.05, 4.69) is 60.7 Å². The van der Waals surface area contributed by atoms with Crippen LogP contribution in [0.15, 0.2) is 66.7 Å². The second-order valence-corrected chi connectivity index (χ2v) is 8.12. The summed E-state index contributed by atoms with van der Waals surface area (Å²) in [6, 6.07) is 21.0. The van der Waals surface area contributed by atoms with Crippen LogP contribution in [0.1, 0.15) is 66.1 Å². The smallest absolute Gasteiger partial charge is 0.217 e. The van der Waals surface area contributed by atoms with Crippen molar-refractivity contribution in [2.75, 3.05) is 0 Å². The number of aryl methyl sites for hydroxylation is 2. The number of nitrogens with two attached hydrogens (primary N) is 1. The Kier molecular flexibility index (Phi) is 8.17. The van der Waals surface area contributed by atoms with Crippen LogP contribution >= 0.6 is 0 Å². The molecule has 31 heavy (non-hydrogen) atoms. The lowest BCUT2D eigenvalue weighted by molar-refractivity contribution is -0.118. The Labute approximate surface area is 185 Å². The second-order valence-electron chi connectivity index (χ2n) is 8.12. The normalized spacial score (nSPS) is 11.3. The van der Waals surface area contributed by atoms with Crippen LogP contribution in [0.4, 0.5) is 0 Å². The van der Waals surface area contributed by atoms with Crippen LogP contribution in [0.5, 0.6) is 0 Å². The minimum absolute atomic E-state index is 0.0418.